The summed E-state index contributed by atoms with van der Waals surface area (Å²) in [7, 11) is 0. The van der Waals surface area contributed by atoms with Gasteiger partial charge >= 0.3 is 0 Å². The Hall–Kier alpha value is -0.300. The van der Waals surface area contributed by atoms with Crippen LogP contribution in [-0.4, -0.2) is 0 Å². The van der Waals surface area contributed by atoms with E-state index in [0.717, 1.165) is 23.7 Å². The SMILES string of the molecule is CCCC1CCC(C2CCC(c3ccc(C)s3)CC2)CC1. The van der Waals surface area contributed by atoms with Gasteiger partial charge in [-0.1, -0.05) is 32.6 Å². The summed E-state index contributed by atoms with van der Waals surface area (Å²) >= 11 is 2.04. The van der Waals surface area contributed by atoms with Gasteiger partial charge in [0.2, 0.25) is 0 Å². The van der Waals surface area contributed by atoms with Gasteiger partial charge in [-0.05, 0) is 81.3 Å². The van der Waals surface area contributed by atoms with Crippen molar-refractivity contribution in [3.63, 3.8) is 0 Å². The molecule has 2 aliphatic rings. The van der Waals surface area contributed by atoms with Crippen LogP contribution < -0.4 is 0 Å². The highest BCUT2D eigenvalue weighted by Gasteiger charge is 2.31. The van der Waals surface area contributed by atoms with Gasteiger partial charge in [0.15, 0.2) is 0 Å². The third-order valence-electron chi connectivity index (χ3n) is 6.19. The minimum atomic E-state index is 0.886. The molecule has 0 spiro atoms. The second-order valence-electron chi connectivity index (χ2n) is 7.63. The van der Waals surface area contributed by atoms with Crippen molar-refractivity contribution >= 4 is 11.3 Å². The number of rotatable bonds is 4. The van der Waals surface area contributed by atoms with Crippen molar-refractivity contribution < 1.29 is 0 Å². The van der Waals surface area contributed by atoms with Crippen molar-refractivity contribution in [2.75, 3.05) is 0 Å². The molecular formula is C20H32S. The highest BCUT2D eigenvalue weighted by Crippen LogP contribution is 2.45. The van der Waals surface area contributed by atoms with E-state index < -0.39 is 0 Å². The van der Waals surface area contributed by atoms with Gasteiger partial charge < -0.3 is 0 Å². The predicted molar refractivity (Wildman–Crippen MR) is 94.1 cm³/mol. The smallest absolute Gasteiger partial charge is 0.00790 e. The van der Waals surface area contributed by atoms with E-state index in [1.807, 2.05) is 11.3 Å². The zero-order valence-electron chi connectivity index (χ0n) is 13.9. The van der Waals surface area contributed by atoms with Crippen LogP contribution in [0.1, 0.15) is 86.8 Å². The number of hydrogen-bond donors (Lipinski definition) is 0. The molecule has 1 aromatic rings. The first-order chi connectivity index (χ1) is 10.3. The Morgan fingerprint density at radius 3 is 2.05 bits per heavy atom. The van der Waals surface area contributed by atoms with Crippen LogP contribution in [0.15, 0.2) is 12.1 Å². The molecule has 0 N–H and O–H groups in total. The van der Waals surface area contributed by atoms with Crippen molar-refractivity contribution in [3.8, 4) is 0 Å². The highest BCUT2D eigenvalue weighted by atomic mass is 32.1. The second kappa shape index (κ2) is 7.31. The van der Waals surface area contributed by atoms with Crippen molar-refractivity contribution in [2.24, 2.45) is 17.8 Å². The van der Waals surface area contributed by atoms with Crippen molar-refractivity contribution in [1.29, 1.82) is 0 Å². The van der Waals surface area contributed by atoms with Crippen molar-refractivity contribution in [2.45, 2.75) is 84.0 Å². The minimum absolute atomic E-state index is 0.886. The zero-order valence-corrected chi connectivity index (χ0v) is 14.8. The first-order valence-corrected chi connectivity index (χ1v) is 10.1. The van der Waals surface area contributed by atoms with E-state index in [1.54, 1.807) is 4.88 Å². The maximum Gasteiger partial charge on any atom is 0.00790 e. The van der Waals surface area contributed by atoms with Crippen molar-refractivity contribution in [1.82, 2.24) is 0 Å². The van der Waals surface area contributed by atoms with Gasteiger partial charge in [0.05, 0.1) is 0 Å². The van der Waals surface area contributed by atoms with Gasteiger partial charge in [0.25, 0.3) is 0 Å². The molecule has 2 fully saturated rings. The molecule has 0 atom stereocenters. The molecule has 0 aromatic carbocycles. The topological polar surface area (TPSA) is 0 Å². The maximum atomic E-state index is 2.39. The molecule has 0 aliphatic heterocycles. The van der Waals surface area contributed by atoms with Crippen LogP contribution in [0.2, 0.25) is 0 Å². The fourth-order valence-electron chi connectivity index (χ4n) is 4.90. The lowest BCUT2D eigenvalue weighted by Crippen LogP contribution is -2.25. The zero-order chi connectivity index (χ0) is 14.7. The summed E-state index contributed by atoms with van der Waals surface area (Å²) in [5.41, 5.74) is 0. The van der Waals surface area contributed by atoms with E-state index in [9.17, 15) is 0 Å². The maximum absolute atomic E-state index is 2.39. The summed E-state index contributed by atoms with van der Waals surface area (Å²) in [6.07, 6.45) is 14.9. The molecule has 0 nitrogen and oxygen atoms in total. The lowest BCUT2D eigenvalue weighted by molar-refractivity contribution is 0.157. The molecule has 1 heterocycles. The van der Waals surface area contributed by atoms with Gasteiger partial charge in [0.1, 0.15) is 0 Å². The Morgan fingerprint density at radius 1 is 0.905 bits per heavy atom. The standard InChI is InChI=1S/C20H32S/c1-3-4-16-6-8-17(9-7-16)18-10-12-19(13-11-18)20-14-5-15(2)21-20/h5,14,16-19H,3-4,6-13H2,1-2H3. The number of thiophene rings is 1. The summed E-state index contributed by atoms with van der Waals surface area (Å²) in [5.74, 6) is 4.09. The highest BCUT2D eigenvalue weighted by molar-refractivity contribution is 7.12. The molecule has 2 aliphatic carbocycles. The average molecular weight is 305 g/mol. The first-order valence-electron chi connectivity index (χ1n) is 9.32. The lowest BCUT2D eigenvalue weighted by Gasteiger charge is -2.37. The van der Waals surface area contributed by atoms with Gasteiger partial charge in [0, 0.05) is 9.75 Å². The fraction of sp³-hybridized carbons (Fsp3) is 0.800. The third-order valence-corrected chi connectivity index (χ3v) is 7.35. The molecule has 2 saturated carbocycles. The molecule has 0 bridgehead atoms. The van der Waals surface area contributed by atoms with Crippen LogP contribution in [0.5, 0.6) is 0 Å². The van der Waals surface area contributed by atoms with Crippen LogP contribution in [0.25, 0.3) is 0 Å². The summed E-state index contributed by atoms with van der Waals surface area (Å²) in [6.45, 7) is 4.59. The molecule has 118 valence electrons. The van der Waals surface area contributed by atoms with Crippen molar-refractivity contribution in [3.05, 3.63) is 21.9 Å². The van der Waals surface area contributed by atoms with E-state index in [2.05, 4.69) is 26.0 Å². The summed E-state index contributed by atoms with van der Waals surface area (Å²) in [6, 6.07) is 4.70. The quantitative estimate of drug-likeness (QED) is 0.565. The monoisotopic (exact) mass is 304 g/mol. The van der Waals surface area contributed by atoms with E-state index in [-0.39, 0.29) is 0 Å². The van der Waals surface area contributed by atoms with Crippen LogP contribution in [-0.2, 0) is 0 Å². The molecule has 0 amide bonds. The summed E-state index contributed by atoms with van der Waals surface area (Å²) < 4.78 is 0. The van der Waals surface area contributed by atoms with E-state index >= 15 is 0 Å². The van der Waals surface area contributed by atoms with Gasteiger partial charge in [-0.2, -0.15) is 0 Å². The van der Waals surface area contributed by atoms with Crippen LogP contribution in [0, 0.1) is 24.7 Å². The number of hydrogen-bond acceptors (Lipinski definition) is 1. The Morgan fingerprint density at radius 2 is 1.52 bits per heavy atom. The van der Waals surface area contributed by atoms with Crippen LogP contribution >= 0.6 is 11.3 Å². The normalized spacial score (nSPS) is 34.0. The predicted octanol–water partition coefficient (Wildman–Crippen LogP) is 6.94. The fourth-order valence-corrected chi connectivity index (χ4v) is 5.95. The van der Waals surface area contributed by atoms with Gasteiger partial charge in [-0.3, -0.25) is 0 Å². The van der Waals surface area contributed by atoms with Crippen LogP contribution in [0.3, 0.4) is 0 Å². The van der Waals surface area contributed by atoms with E-state index in [0.29, 0.717) is 0 Å². The Bertz CT molecular complexity index is 417. The number of aryl methyl sites for hydroxylation is 1. The molecule has 0 radical (unpaired) electrons. The second-order valence-corrected chi connectivity index (χ2v) is 8.95. The van der Waals surface area contributed by atoms with E-state index in [4.69, 9.17) is 0 Å². The summed E-state index contributed by atoms with van der Waals surface area (Å²) in [5, 5.41) is 0. The first kappa shape index (κ1) is 15.6. The molecule has 0 saturated heterocycles. The Balaban J connectivity index is 1.46. The molecule has 0 unspecified atom stereocenters. The Kier molecular flexibility index (Phi) is 5.43. The molecule has 3 rings (SSSR count). The third kappa shape index (κ3) is 3.92. The molecule has 21 heavy (non-hydrogen) atoms. The largest absolute Gasteiger partial charge is 0.145 e. The van der Waals surface area contributed by atoms with Gasteiger partial charge in [-0.15, -0.1) is 11.3 Å². The lowest BCUT2D eigenvalue weighted by atomic mass is 9.68. The average Bonchev–Trinajstić information content (AvgIpc) is 2.95. The molecule has 1 aromatic heterocycles. The van der Waals surface area contributed by atoms with Crippen LogP contribution in [0.4, 0.5) is 0 Å². The van der Waals surface area contributed by atoms with Gasteiger partial charge in [-0.25, -0.2) is 0 Å². The van der Waals surface area contributed by atoms with E-state index in [1.165, 1.54) is 69.1 Å². The summed E-state index contributed by atoms with van der Waals surface area (Å²) in [4.78, 5) is 3.15. The molecule has 1 heteroatoms. The molecular weight excluding hydrogens is 272 g/mol. The minimum Gasteiger partial charge on any atom is -0.145 e. The Labute approximate surface area is 135 Å².